The molecule has 0 aliphatic heterocycles. The maximum Gasteiger partial charge on any atom is 0.0331 e. The largest absolute Gasteiger partial charge is 0.329 e. The lowest BCUT2D eigenvalue weighted by molar-refractivity contribution is 0.0186. The van der Waals surface area contributed by atoms with Gasteiger partial charge in [-0.1, -0.05) is 47.5 Å². The van der Waals surface area contributed by atoms with E-state index in [1.54, 1.807) is 0 Å². The zero-order valence-electron chi connectivity index (χ0n) is 14.7. The second-order valence-electron chi connectivity index (χ2n) is 7.48. The van der Waals surface area contributed by atoms with Crippen molar-refractivity contribution in [3.8, 4) is 0 Å². The molecule has 0 aromatic carbocycles. The molecule has 2 N–H and O–H groups in total. The first-order valence-corrected chi connectivity index (χ1v) is 8.91. The summed E-state index contributed by atoms with van der Waals surface area (Å²) in [6.45, 7) is 15.0. The van der Waals surface area contributed by atoms with Crippen molar-refractivity contribution in [3.63, 3.8) is 0 Å². The van der Waals surface area contributed by atoms with E-state index < -0.39 is 0 Å². The standard InChI is InChI=1S/C18H38N2/c1-6-9-14-20(8-3)18(15-19)12-10-16(11-13-18)17(4,5)7-2/h16H,6-15,19H2,1-5H3. The molecular weight excluding hydrogens is 244 g/mol. The van der Waals surface area contributed by atoms with Gasteiger partial charge in [0.15, 0.2) is 0 Å². The third-order valence-electron chi connectivity index (χ3n) is 6.15. The first-order valence-electron chi connectivity index (χ1n) is 8.91. The van der Waals surface area contributed by atoms with E-state index in [-0.39, 0.29) is 0 Å². The molecule has 0 atom stereocenters. The second kappa shape index (κ2) is 7.79. The number of nitrogens with zero attached hydrogens (tertiary/aromatic N) is 1. The molecule has 0 aromatic heterocycles. The zero-order valence-corrected chi connectivity index (χ0v) is 14.7. The van der Waals surface area contributed by atoms with E-state index in [0.717, 1.165) is 19.0 Å². The van der Waals surface area contributed by atoms with Crippen molar-refractivity contribution >= 4 is 0 Å². The van der Waals surface area contributed by atoms with Gasteiger partial charge in [0.05, 0.1) is 0 Å². The molecule has 1 saturated carbocycles. The fourth-order valence-electron chi connectivity index (χ4n) is 3.95. The Balaban J connectivity index is 2.69. The molecule has 0 radical (unpaired) electrons. The van der Waals surface area contributed by atoms with Crippen LogP contribution in [0, 0.1) is 11.3 Å². The maximum atomic E-state index is 6.23. The number of hydrogen-bond donors (Lipinski definition) is 1. The first-order chi connectivity index (χ1) is 9.45. The minimum Gasteiger partial charge on any atom is -0.329 e. The van der Waals surface area contributed by atoms with Gasteiger partial charge in [0, 0.05) is 12.1 Å². The third-order valence-corrected chi connectivity index (χ3v) is 6.15. The Labute approximate surface area is 127 Å². The highest BCUT2D eigenvalue weighted by atomic mass is 15.2. The van der Waals surface area contributed by atoms with Crippen LogP contribution in [-0.2, 0) is 0 Å². The van der Waals surface area contributed by atoms with Crippen molar-refractivity contribution in [2.75, 3.05) is 19.6 Å². The Morgan fingerprint density at radius 2 is 1.75 bits per heavy atom. The maximum absolute atomic E-state index is 6.23. The Hall–Kier alpha value is -0.0800. The molecule has 120 valence electrons. The van der Waals surface area contributed by atoms with E-state index >= 15 is 0 Å². The highest BCUT2D eigenvalue weighted by Gasteiger charge is 2.41. The van der Waals surface area contributed by atoms with Gasteiger partial charge in [-0.15, -0.1) is 0 Å². The van der Waals surface area contributed by atoms with Crippen LogP contribution in [0.15, 0.2) is 0 Å². The van der Waals surface area contributed by atoms with Gasteiger partial charge in [0.1, 0.15) is 0 Å². The molecule has 2 nitrogen and oxygen atoms in total. The minimum absolute atomic E-state index is 0.296. The van der Waals surface area contributed by atoms with Gasteiger partial charge < -0.3 is 5.73 Å². The molecule has 0 bridgehead atoms. The highest BCUT2D eigenvalue weighted by molar-refractivity contribution is 4.97. The topological polar surface area (TPSA) is 29.3 Å². The van der Waals surface area contributed by atoms with Gasteiger partial charge >= 0.3 is 0 Å². The number of nitrogens with two attached hydrogens (primary N) is 1. The summed E-state index contributed by atoms with van der Waals surface area (Å²) in [5.41, 5.74) is 7.03. The molecule has 0 heterocycles. The van der Waals surface area contributed by atoms with E-state index in [0.29, 0.717) is 11.0 Å². The summed E-state index contributed by atoms with van der Waals surface area (Å²) in [6, 6.07) is 0. The summed E-state index contributed by atoms with van der Waals surface area (Å²) in [5.74, 6) is 0.886. The molecule has 0 saturated heterocycles. The Kier molecular flexibility index (Phi) is 7.00. The molecule has 1 aliphatic rings. The van der Waals surface area contributed by atoms with Crippen molar-refractivity contribution < 1.29 is 0 Å². The minimum atomic E-state index is 0.296. The van der Waals surface area contributed by atoms with E-state index in [1.165, 1.54) is 51.5 Å². The second-order valence-corrected chi connectivity index (χ2v) is 7.48. The van der Waals surface area contributed by atoms with Crippen LogP contribution in [-0.4, -0.2) is 30.1 Å². The van der Waals surface area contributed by atoms with Crippen LogP contribution < -0.4 is 5.73 Å². The number of hydrogen-bond acceptors (Lipinski definition) is 2. The van der Waals surface area contributed by atoms with Gasteiger partial charge in [-0.3, -0.25) is 4.90 Å². The number of unbranched alkanes of at least 4 members (excludes halogenated alkanes) is 1. The van der Waals surface area contributed by atoms with Crippen LogP contribution in [0.5, 0.6) is 0 Å². The van der Waals surface area contributed by atoms with E-state index in [9.17, 15) is 0 Å². The highest BCUT2D eigenvalue weighted by Crippen LogP contribution is 2.45. The number of rotatable bonds is 8. The molecule has 0 spiro atoms. The summed E-state index contributed by atoms with van der Waals surface area (Å²) in [7, 11) is 0. The average molecular weight is 283 g/mol. The Bertz CT molecular complexity index is 265. The fraction of sp³-hybridized carbons (Fsp3) is 1.00. The van der Waals surface area contributed by atoms with Gasteiger partial charge in [-0.25, -0.2) is 0 Å². The van der Waals surface area contributed by atoms with Gasteiger partial charge in [0.2, 0.25) is 0 Å². The fourth-order valence-corrected chi connectivity index (χ4v) is 3.95. The van der Waals surface area contributed by atoms with Crippen molar-refractivity contribution in [1.29, 1.82) is 0 Å². The molecule has 0 unspecified atom stereocenters. The van der Waals surface area contributed by atoms with Gasteiger partial charge in [-0.05, 0) is 56.5 Å². The quantitative estimate of drug-likeness (QED) is 0.713. The smallest absolute Gasteiger partial charge is 0.0331 e. The van der Waals surface area contributed by atoms with Gasteiger partial charge in [0.25, 0.3) is 0 Å². The molecule has 20 heavy (non-hydrogen) atoms. The summed E-state index contributed by atoms with van der Waals surface area (Å²) >= 11 is 0. The SMILES string of the molecule is CCCCN(CC)C1(CN)CCC(C(C)(C)CC)CC1. The lowest BCUT2D eigenvalue weighted by atomic mass is 9.65. The van der Waals surface area contributed by atoms with Crippen LogP contribution >= 0.6 is 0 Å². The van der Waals surface area contributed by atoms with E-state index in [2.05, 4.69) is 39.5 Å². The predicted octanol–water partition coefficient (Wildman–Crippen LogP) is 4.43. The van der Waals surface area contributed by atoms with Crippen LogP contribution in [0.2, 0.25) is 0 Å². The van der Waals surface area contributed by atoms with Gasteiger partial charge in [-0.2, -0.15) is 0 Å². The molecule has 0 aromatic rings. The third kappa shape index (κ3) is 3.98. The van der Waals surface area contributed by atoms with Crippen LogP contribution in [0.1, 0.15) is 79.6 Å². The predicted molar refractivity (Wildman–Crippen MR) is 90.0 cm³/mol. The summed E-state index contributed by atoms with van der Waals surface area (Å²) in [4.78, 5) is 2.69. The summed E-state index contributed by atoms with van der Waals surface area (Å²) in [5, 5.41) is 0. The molecular formula is C18H38N2. The van der Waals surface area contributed by atoms with E-state index in [4.69, 9.17) is 5.73 Å². The number of likely N-dealkylation sites (N-methyl/N-ethyl adjacent to an activating group) is 1. The van der Waals surface area contributed by atoms with Crippen molar-refractivity contribution in [2.24, 2.45) is 17.1 Å². The molecule has 0 amide bonds. The normalized spacial score (nSPS) is 28.1. The van der Waals surface area contributed by atoms with E-state index in [1.807, 2.05) is 0 Å². The summed E-state index contributed by atoms with van der Waals surface area (Å²) in [6.07, 6.45) is 9.20. The molecule has 1 rings (SSSR count). The monoisotopic (exact) mass is 282 g/mol. The molecule has 2 heteroatoms. The van der Waals surface area contributed by atoms with Crippen molar-refractivity contribution in [3.05, 3.63) is 0 Å². The molecule has 1 aliphatic carbocycles. The average Bonchev–Trinajstić information content (AvgIpc) is 2.48. The lowest BCUT2D eigenvalue weighted by Gasteiger charge is -2.50. The summed E-state index contributed by atoms with van der Waals surface area (Å²) < 4.78 is 0. The van der Waals surface area contributed by atoms with Crippen molar-refractivity contribution in [1.82, 2.24) is 4.90 Å². The van der Waals surface area contributed by atoms with Crippen LogP contribution in [0.4, 0.5) is 0 Å². The first kappa shape index (κ1) is 18.0. The Morgan fingerprint density at radius 3 is 2.15 bits per heavy atom. The van der Waals surface area contributed by atoms with Crippen molar-refractivity contribution in [2.45, 2.75) is 85.1 Å². The van der Waals surface area contributed by atoms with Crippen LogP contribution in [0.25, 0.3) is 0 Å². The zero-order chi connectivity index (χ0) is 15.2. The molecule has 1 fully saturated rings. The van der Waals surface area contributed by atoms with Crippen LogP contribution in [0.3, 0.4) is 0 Å². The Morgan fingerprint density at radius 1 is 1.15 bits per heavy atom. The lowest BCUT2D eigenvalue weighted by Crippen LogP contribution is -2.56.